The largest absolute Gasteiger partial charge is 0.338 e. The minimum atomic E-state index is -3.29. The Hall–Kier alpha value is -1.56. The Labute approximate surface area is 144 Å². The van der Waals surface area contributed by atoms with Crippen molar-refractivity contribution in [2.75, 3.05) is 23.7 Å². The van der Waals surface area contributed by atoms with Crippen LogP contribution >= 0.6 is 0 Å². The second-order valence-corrected chi connectivity index (χ2v) is 8.98. The van der Waals surface area contributed by atoms with Crippen molar-refractivity contribution in [3.63, 3.8) is 0 Å². The first kappa shape index (κ1) is 17.3. The monoisotopic (exact) mass is 350 g/mol. The maximum Gasteiger partial charge on any atom is 0.253 e. The lowest BCUT2D eigenvalue weighted by Crippen LogP contribution is -2.39. The molecule has 1 aromatic rings. The molecular formula is C18H26N2O3S. The number of carbonyl (C=O) groups excluding carboxylic acids is 1. The molecule has 0 radical (unpaired) electrons. The van der Waals surface area contributed by atoms with Crippen LogP contribution in [0.1, 0.15) is 49.0 Å². The lowest BCUT2D eigenvalue weighted by atomic mass is 9.95. The molecule has 6 heteroatoms. The van der Waals surface area contributed by atoms with Crippen LogP contribution in [0.2, 0.25) is 0 Å². The van der Waals surface area contributed by atoms with E-state index in [4.69, 9.17) is 0 Å². The van der Waals surface area contributed by atoms with Gasteiger partial charge in [-0.3, -0.25) is 9.10 Å². The zero-order valence-electron chi connectivity index (χ0n) is 14.7. The Bertz CT molecular complexity index is 745. The van der Waals surface area contributed by atoms with Crippen molar-refractivity contribution in [1.82, 2.24) is 4.90 Å². The topological polar surface area (TPSA) is 57.7 Å². The highest BCUT2D eigenvalue weighted by Crippen LogP contribution is 2.35. The van der Waals surface area contributed by atoms with Crippen LogP contribution in [-0.2, 0) is 16.4 Å². The molecule has 2 aliphatic heterocycles. The highest BCUT2D eigenvalue weighted by molar-refractivity contribution is 7.92. The van der Waals surface area contributed by atoms with Crippen LogP contribution in [0.4, 0.5) is 5.69 Å². The van der Waals surface area contributed by atoms with E-state index in [0.717, 1.165) is 31.5 Å². The molecule has 0 bridgehead atoms. The van der Waals surface area contributed by atoms with Gasteiger partial charge >= 0.3 is 0 Å². The molecule has 1 aromatic carbocycles. The van der Waals surface area contributed by atoms with Gasteiger partial charge in [-0.15, -0.1) is 0 Å². The van der Waals surface area contributed by atoms with Gasteiger partial charge < -0.3 is 4.90 Å². The van der Waals surface area contributed by atoms with Crippen molar-refractivity contribution in [2.24, 2.45) is 5.92 Å². The first-order valence-corrected chi connectivity index (χ1v) is 10.6. The molecule has 0 aromatic heterocycles. The number of piperidine rings is 1. The van der Waals surface area contributed by atoms with Crippen molar-refractivity contribution in [2.45, 2.75) is 45.6 Å². The van der Waals surface area contributed by atoms with Crippen LogP contribution in [0.3, 0.4) is 0 Å². The van der Waals surface area contributed by atoms with Gasteiger partial charge in [0, 0.05) is 24.7 Å². The molecule has 0 saturated carbocycles. The van der Waals surface area contributed by atoms with Crippen molar-refractivity contribution in [3.8, 4) is 0 Å². The van der Waals surface area contributed by atoms with Crippen LogP contribution < -0.4 is 4.31 Å². The summed E-state index contributed by atoms with van der Waals surface area (Å²) < 4.78 is 25.4. The van der Waals surface area contributed by atoms with Gasteiger partial charge in [-0.2, -0.15) is 0 Å². The van der Waals surface area contributed by atoms with Crippen LogP contribution in [0.15, 0.2) is 18.2 Å². The summed E-state index contributed by atoms with van der Waals surface area (Å²) in [7, 11) is -3.29. The van der Waals surface area contributed by atoms with E-state index in [1.165, 1.54) is 17.0 Å². The number of amides is 1. The SMILES string of the molecule is CCC1CCCN(C(=O)c2ccc3c(c2)CC(C)N3S(C)(=O)=O)C1. The summed E-state index contributed by atoms with van der Waals surface area (Å²) in [5, 5.41) is 0. The summed E-state index contributed by atoms with van der Waals surface area (Å²) in [6.07, 6.45) is 5.26. The maximum atomic E-state index is 12.8. The van der Waals surface area contributed by atoms with Gasteiger partial charge in [0.05, 0.1) is 11.9 Å². The molecule has 0 aliphatic carbocycles. The van der Waals surface area contributed by atoms with Gasteiger partial charge in [-0.05, 0) is 55.9 Å². The van der Waals surface area contributed by atoms with Gasteiger partial charge in [0.15, 0.2) is 0 Å². The first-order chi connectivity index (χ1) is 11.3. The number of benzene rings is 1. The Balaban J connectivity index is 1.85. The molecule has 1 fully saturated rings. The predicted octanol–water partition coefficient (Wildman–Crippen LogP) is 2.66. The second-order valence-electron chi connectivity index (χ2n) is 7.12. The molecule has 2 unspecified atom stereocenters. The van der Waals surface area contributed by atoms with Crippen LogP contribution in [0.5, 0.6) is 0 Å². The number of sulfonamides is 1. The fourth-order valence-corrected chi connectivity index (χ4v) is 5.27. The summed E-state index contributed by atoms with van der Waals surface area (Å²) in [6, 6.07) is 5.34. The summed E-state index contributed by atoms with van der Waals surface area (Å²) in [4.78, 5) is 14.8. The van der Waals surface area contributed by atoms with Gasteiger partial charge in [0.1, 0.15) is 0 Å². The predicted molar refractivity (Wildman–Crippen MR) is 95.8 cm³/mol. The lowest BCUT2D eigenvalue weighted by Gasteiger charge is -2.32. The van der Waals surface area contributed by atoms with Gasteiger partial charge in [-0.1, -0.05) is 13.3 Å². The minimum absolute atomic E-state index is 0.0707. The van der Waals surface area contributed by atoms with E-state index in [1.54, 1.807) is 12.1 Å². The Kier molecular flexibility index (Phi) is 4.60. The number of fused-ring (bicyclic) bond motifs is 1. The molecule has 5 nitrogen and oxygen atoms in total. The zero-order chi connectivity index (χ0) is 17.5. The number of likely N-dealkylation sites (tertiary alicyclic amines) is 1. The van der Waals surface area contributed by atoms with Crippen molar-refractivity contribution in [3.05, 3.63) is 29.3 Å². The van der Waals surface area contributed by atoms with Gasteiger partial charge in [0.25, 0.3) is 5.91 Å². The average molecular weight is 350 g/mol. The lowest BCUT2D eigenvalue weighted by molar-refractivity contribution is 0.0671. The number of hydrogen-bond donors (Lipinski definition) is 0. The van der Waals surface area contributed by atoms with E-state index < -0.39 is 10.0 Å². The molecule has 2 atom stereocenters. The van der Waals surface area contributed by atoms with Crippen molar-refractivity contribution in [1.29, 1.82) is 0 Å². The number of hydrogen-bond acceptors (Lipinski definition) is 3. The molecule has 1 saturated heterocycles. The van der Waals surface area contributed by atoms with E-state index in [0.29, 0.717) is 23.6 Å². The molecular weight excluding hydrogens is 324 g/mol. The number of carbonyl (C=O) groups is 1. The molecule has 2 heterocycles. The fraction of sp³-hybridized carbons (Fsp3) is 0.611. The van der Waals surface area contributed by atoms with E-state index in [1.807, 2.05) is 17.9 Å². The number of anilines is 1. The second kappa shape index (κ2) is 6.39. The normalized spacial score (nSPS) is 24.1. The highest BCUT2D eigenvalue weighted by atomic mass is 32.2. The third kappa shape index (κ3) is 3.16. The van der Waals surface area contributed by atoms with E-state index in [9.17, 15) is 13.2 Å². The summed E-state index contributed by atoms with van der Waals surface area (Å²) in [5.74, 6) is 0.666. The van der Waals surface area contributed by atoms with Gasteiger partial charge in [0.2, 0.25) is 10.0 Å². The van der Waals surface area contributed by atoms with Gasteiger partial charge in [-0.25, -0.2) is 8.42 Å². The third-order valence-corrected chi connectivity index (χ3v) is 6.49. The molecule has 1 amide bonds. The Morgan fingerprint density at radius 1 is 1.33 bits per heavy atom. The summed E-state index contributed by atoms with van der Waals surface area (Å²) in [6.45, 7) is 5.73. The molecule has 0 spiro atoms. The van der Waals surface area contributed by atoms with Crippen LogP contribution in [0.25, 0.3) is 0 Å². The average Bonchev–Trinajstić information content (AvgIpc) is 2.89. The molecule has 132 valence electrons. The summed E-state index contributed by atoms with van der Waals surface area (Å²) in [5.41, 5.74) is 2.34. The smallest absolute Gasteiger partial charge is 0.253 e. The quantitative estimate of drug-likeness (QED) is 0.842. The number of rotatable bonds is 3. The number of nitrogens with zero attached hydrogens (tertiary/aromatic N) is 2. The highest BCUT2D eigenvalue weighted by Gasteiger charge is 2.33. The van der Waals surface area contributed by atoms with Crippen LogP contribution in [0, 0.1) is 5.92 Å². The zero-order valence-corrected chi connectivity index (χ0v) is 15.5. The molecule has 24 heavy (non-hydrogen) atoms. The van der Waals surface area contributed by atoms with E-state index >= 15 is 0 Å². The Morgan fingerprint density at radius 2 is 2.08 bits per heavy atom. The van der Waals surface area contributed by atoms with Crippen molar-refractivity contribution < 1.29 is 13.2 Å². The minimum Gasteiger partial charge on any atom is -0.338 e. The van der Waals surface area contributed by atoms with Crippen molar-refractivity contribution >= 4 is 21.6 Å². The molecule has 0 N–H and O–H groups in total. The molecule has 3 rings (SSSR count). The van der Waals surface area contributed by atoms with E-state index in [-0.39, 0.29) is 11.9 Å². The maximum absolute atomic E-state index is 12.8. The Morgan fingerprint density at radius 3 is 2.75 bits per heavy atom. The fourth-order valence-electron chi connectivity index (χ4n) is 4.01. The third-order valence-electron chi connectivity index (χ3n) is 5.22. The summed E-state index contributed by atoms with van der Waals surface area (Å²) >= 11 is 0. The first-order valence-electron chi connectivity index (χ1n) is 8.73. The molecule has 2 aliphatic rings. The van der Waals surface area contributed by atoms with E-state index in [2.05, 4.69) is 6.92 Å². The van der Waals surface area contributed by atoms with Crippen LogP contribution in [-0.4, -0.2) is 44.6 Å². The standard InChI is InChI=1S/C18H26N2O3S/c1-4-14-6-5-9-19(12-14)18(21)15-7-8-17-16(11-15)10-13(2)20(17)24(3,22)23/h7-8,11,13-14H,4-6,9-10,12H2,1-3H3.